The summed E-state index contributed by atoms with van der Waals surface area (Å²) in [7, 11) is 1.52. The number of hydrogen-bond donors (Lipinski definition) is 1. The van der Waals surface area contributed by atoms with E-state index in [1.165, 1.54) is 25.3 Å². The Balaban J connectivity index is 1.51. The van der Waals surface area contributed by atoms with Crippen LogP contribution in [-0.4, -0.2) is 46.0 Å². The molecule has 1 unspecified atom stereocenters. The van der Waals surface area contributed by atoms with Gasteiger partial charge in [0.1, 0.15) is 11.6 Å². The van der Waals surface area contributed by atoms with Crippen LogP contribution in [0.15, 0.2) is 53.5 Å². The van der Waals surface area contributed by atoms with E-state index in [1.54, 1.807) is 35.4 Å². The second-order valence-corrected chi connectivity index (χ2v) is 7.20. The molecule has 1 saturated heterocycles. The standard InChI is InChI=1S/C22H21FN4O3/c1-30-22-17(3-2-9-24-22)18-12-19(28)26-21(25-18)15-8-10-27(13-15)20(29)11-14-4-6-16(23)7-5-14/h2-7,9,12,15H,8,10-11,13H2,1H3,(H,25,26,28). The molecular weight excluding hydrogens is 387 g/mol. The smallest absolute Gasteiger partial charge is 0.251 e. The van der Waals surface area contributed by atoms with Crippen molar-refractivity contribution in [2.45, 2.75) is 18.8 Å². The number of benzene rings is 1. The fraction of sp³-hybridized carbons (Fsp3) is 0.273. The van der Waals surface area contributed by atoms with Gasteiger partial charge < -0.3 is 14.6 Å². The van der Waals surface area contributed by atoms with Gasteiger partial charge in [-0.05, 0) is 36.2 Å². The van der Waals surface area contributed by atoms with Gasteiger partial charge in [-0.25, -0.2) is 14.4 Å². The van der Waals surface area contributed by atoms with Gasteiger partial charge in [0.2, 0.25) is 11.8 Å². The fourth-order valence-corrected chi connectivity index (χ4v) is 3.65. The summed E-state index contributed by atoms with van der Waals surface area (Å²) in [5, 5.41) is 0. The van der Waals surface area contributed by atoms with E-state index >= 15 is 0 Å². The van der Waals surface area contributed by atoms with Gasteiger partial charge in [0.05, 0.1) is 24.8 Å². The minimum absolute atomic E-state index is 0.0310. The summed E-state index contributed by atoms with van der Waals surface area (Å²) in [6.45, 7) is 1.05. The molecule has 3 heterocycles. The summed E-state index contributed by atoms with van der Waals surface area (Å²) in [5.41, 5.74) is 1.61. The van der Waals surface area contributed by atoms with Crippen LogP contribution in [-0.2, 0) is 11.2 Å². The van der Waals surface area contributed by atoms with Gasteiger partial charge in [-0.15, -0.1) is 0 Å². The summed E-state index contributed by atoms with van der Waals surface area (Å²) in [6.07, 6.45) is 2.52. The second kappa shape index (κ2) is 8.44. The third-order valence-electron chi connectivity index (χ3n) is 5.20. The van der Waals surface area contributed by atoms with Gasteiger partial charge >= 0.3 is 0 Å². The minimum Gasteiger partial charge on any atom is -0.481 e. The monoisotopic (exact) mass is 408 g/mol. The molecule has 0 saturated carbocycles. The lowest BCUT2D eigenvalue weighted by atomic mass is 10.1. The first kappa shape index (κ1) is 19.8. The number of amides is 1. The maximum Gasteiger partial charge on any atom is 0.251 e. The summed E-state index contributed by atoms with van der Waals surface area (Å²) >= 11 is 0. The number of aromatic nitrogens is 3. The topological polar surface area (TPSA) is 88.2 Å². The Morgan fingerprint density at radius 3 is 2.87 bits per heavy atom. The Labute approximate surface area is 172 Å². The number of aromatic amines is 1. The van der Waals surface area contributed by atoms with Crippen molar-refractivity contribution in [3.63, 3.8) is 0 Å². The maximum absolute atomic E-state index is 13.1. The van der Waals surface area contributed by atoms with Crippen molar-refractivity contribution in [1.82, 2.24) is 19.9 Å². The van der Waals surface area contributed by atoms with Gasteiger partial charge in [-0.1, -0.05) is 12.1 Å². The number of methoxy groups -OCH3 is 1. The van der Waals surface area contributed by atoms with Crippen LogP contribution in [0, 0.1) is 5.82 Å². The third-order valence-corrected chi connectivity index (χ3v) is 5.20. The summed E-state index contributed by atoms with van der Waals surface area (Å²) in [5.74, 6) is 0.506. The molecule has 1 aliphatic rings. The van der Waals surface area contributed by atoms with Crippen molar-refractivity contribution < 1.29 is 13.9 Å². The van der Waals surface area contributed by atoms with Gasteiger partial charge in [0, 0.05) is 31.3 Å². The van der Waals surface area contributed by atoms with E-state index in [0.29, 0.717) is 42.5 Å². The van der Waals surface area contributed by atoms with E-state index in [4.69, 9.17) is 4.74 Å². The summed E-state index contributed by atoms with van der Waals surface area (Å²) in [6, 6.07) is 10.9. The van der Waals surface area contributed by atoms with Crippen LogP contribution >= 0.6 is 0 Å². The molecule has 1 N–H and O–H groups in total. The van der Waals surface area contributed by atoms with Crippen molar-refractivity contribution in [2.75, 3.05) is 20.2 Å². The number of halogens is 1. The van der Waals surface area contributed by atoms with Crippen molar-refractivity contribution in [1.29, 1.82) is 0 Å². The molecule has 8 heteroatoms. The number of carbonyl (C=O) groups excluding carboxylic acids is 1. The van der Waals surface area contributed by atoms with Crippen molar-refractivity contribution in [3.05, 3.63) is 76.2 Å². The average Bonchev–Trinajstić information content (AvgIpc) is 3.25. The van der Waals surface area contributed by atoms with Gasteiger partial charge in [0.25, 0.3) is 5.56 Å². The highest BCUT2D eigenvalue weighted by Crippen LogP contribution is 2.29. The Morgan fingerprint density at radius 2 is 2.10 bits per heavy atom. The molecule has 1 fully saturated rings. The number of pyridine rings is 1. The van der Waals surface area contributed by atoms with Crippen LogP contribution in [0.1, 0.15) is 23.7 Å². The molecule has 1 atom stereocenters. The van der Waals surface area contributed by atoms with Crippen LogP contribution in [0.3, 0.4) is 0 Å². The highest BCUT2D eigenvalue weighted by atomic mass is 19.1. The molecule has 154 valence electrons. The molecule has 0 spiro atoms. The molecule has 1 aliphatic heterocycles. The molecule has 0 bridgehead atoms. The van der Waals surface area contributed by atoms with E-state index < -0.39 is 0 Å². The normalized spacial score (nSPS) is 15.9. The number of H-pyrrole nitrogens is 1. The number of likely N-dealkylation sites (tertiary alicyclic amines) is 1. The van der Waals surface area contributed by atoms with Crippen molar-refractivity contribution in [2.24, 2.45) is 0 Å². The summed E-state index contributed by atoms with van der Waals surface area (Å²) < 4.78 is 18.3. The number of carbonyl (C=O) groups is 1. The highest BCUT2D eigenvalue weighted by Gasteiger charge is 2.29. The highest BCUT2D eigenvalue weighted by molar-refractivity contribution is 5.79. The zero-order valence-corrected chi connectivity index (χ0v) is 16.5. The molecule has 30 heavy (non-hydrogen) atoms. The van der Waals surface area contributed by atoms with E-state index in [0.717, 1.165) is 5.56 Å². The van der Waals surface area contributed by atoms with E-state index in [-0.39, 0.29) is 29.6 Å². The van der Waals surface area contributed by atoms with E-state index in [9.17, 15) is 14.0 Å². The van der Waals surface area contributed by atoms with E-state index in [1.807, 2.05) is 0 Å². The molecule has 1 amide bonds. The molecule has 1 aromatic carbocycles. The van der Waals surface area contributed by atoms with Crippen molar-refractivity contribution >= 4 is 5.91 Å². The number of hydrogen-bond acceptors (Lipinski definition) is 5. The SMILES string of the molecule is COc1ncccc1-c1cc(=O)[nH]c(C2CCN(C(=O)Cc3ccc(F)cc3)C2)n1. The second-order valence-electron chi connectivity index (χ2n) is 7.20. The molecule has 2 aromatic heterocycles. The molecule has 0 radical (unpaired) electrons. The molecular formula is C22H21FN4O3. The third kappa shape index (κ3) is 4.22. The lowest BCUT2D eigenvalue weighted by Crippen LogP contribution is -2.30. The van der Waals surface area contributed by atoms with Gasteiger partial charge in [-0.3, -0.25) is 9.59 Å². The predicted molar refractivity (Wildman–Crippen MR) is 109 cm³/mol. The first-order valence-electron chi connectivity index (χ1n) is 9.66. The number of rotatable bonds is 5. The minimum atomic E-state index is -0.326. The zero-order chi connectivity index (χ0) is 21.1. The van der Waals surface area contributed by atoms with Crippen LogP contribution in [0.4, 0.5) is 4.39 Å². The first-order valence-corrected chi connectivity index (χ1v) is 9.66. The van der Waals surface area contributed by atoms with Crippen molar-refractivity contribution in [3.8, 4) is 17.1 Å². The lowest BCUT2D eigenvalue weighted by molar-refractivity contribution is -0.129. The average molecular weight is 408 g/mol. The predicted octanol–water partition coefficient (Wildman–Crippen LogP) is 2.54. The van der Waals surface area contributed by atoms with E-state index in [2.05, 4.69) is 15.0 Å². The van der Waals surface area contributed by atoms with Crippen LogP contribution < -0.4 is 10.3 Å². The first-order chi connectivity index (χ1) is 14.5. The molecule has 0 aliphatic carbocycles. The van der Waals surface area contributed by atoms with Crippen LogP contribution in [0.2, 0.25) is 0 Å². The number of nitrogens with one attached hydrogen (secondary N) is 1. The fourth-order valence-electron chi connectivity index (χ4n) is 3.65. The molecule has 4 rings (SSSR count). The number of ether oxygens (including phenoxy) is 1. The summed E-state index contributed by atoms with van der Waals surface area (Å²) in [4.78, 5) is 38.2. The van der Waals surface area contributed by atoms with Crippen LogP contribution in [0.25, 0.3) is 11.3 Å². The molecule has 3 aromatic rings. The van der Waals surface area contributed by atoms with Gasteiger partial charge in [0.15, 0.2) is 0 Å². The number of nitrogens with zero attached hydrogens (tertiary/aromatic N) is 3. The zero-order valence-electron chi connectivity index (χ0n) is 16.5. The Kier molecular flexibility index (Phi) is 5.56. The van der Waals surface area contributed by atoms with Gasteiger partial charge in [-0.2, -0.15) is 0 Å². The van der Waals surface area contributed by atoms with Crippen LogP contribution in [0.5, 0.6) is 5.88 Å². The Hall–Kier alpha value is -3.55. The molecule has 7 nitrogen and oxygen atoms in total. The maximum atomic E-state index is 13.1. The lowest BCUT2D eigenvalue weighted by Gasteiger charge is -2.17. The largest absolute Gasteiger partial charge is 0.481 e. The quantitative estimate of drug-likeness (QED) is 0.701. The Morgan fingerprint density at radius 1 is 1.30 bits per heavy atom. The Bertz CT molecular complexity index is 1110.